The van der Waals surface area contributed by atoms with Crippen LogP contribution in [0.4, 0.5) is 18.3 Å². The van der Waals surface area contributed by atoms with Gasteiger partial charge in [-0.1, -0.05) is 42.0 Å². The number of alkyl halides is 3. The highest BCUT2D eigenvalue weighted by molar-refractivity contribution is 7.22. The van der Waals surface area contributed by atoms with E-state index in [0.29, 0.717) is 22.3 Å². The molecule has 7 heteroatoms. The van der Waals surface area contributed by atoms with Gasteiger partial charge in [-0.15, -0.1) is 0 Å². The van der Waals surface area contributed by atoms with E-state index >= 15 is 0 Å². The quantitative estimate of drug-likeness (QED) is 0.469. The Kier molecular flexibility index (Phi) is 6.01. The summed E-state index contributed by atoms with van der Waals surface area (Å²) in [4.78, 5) is 9.36. The summed E-state index contributed by atoms with van der Waals surface area (Å²) < 4.78 is 39.7. The molecule has 4 rings (SSSR count). The lowest BCUT2D eigenvalue weighted by Crippen LogP contribution is -2.56. The van der Waals surface area contributed by atoms with Gasteiger partial charge in [0, 0.05) is 31.7 Å². The van der Waals surface area contributed by atoms with E-state index in [4.69, 9.17) is 0 Å². The summed E-state index contributed by atoms with van der Waals surface area (Å²) in [5.74, 6) is 0. The lowest BCUT2D eigenvalue weighted by atomic mass is 10.0. The van der Waals surface area contributed by atoms with Crippen LogP contribution in [0.2, 0.25) is 0 Å². The standard InChI is InChI=1S/C24H28F3N3S/c1-5-18-8-15(2)9-19(10-18)14-30-16(3)12-29(13-17(30)4)23-28-21-7-6-20(24(25,26)27)11-22(21)31-23/h6-11,16-17H,5,12-14H2,1-4H3. The van der Waals surface area contributed by atoms with E-state index in [1.807, 2.05) is 0 Å². The number of anilines is 1. The Bertz CT molecular complexity index is 1060. The van der Waals surface area contributed by atoms with Gasteiger partial charge >= 0.3 is 6.18 Å². The van der Waals surface area contributed by atoms with Crippen LogP contribution >= 0.6 is 11.3 Å². The third-order valence-electron chi connectivity index (χ3n) is 6.05. The highest BCUT2D eigenvalue weighted by Crippen LogP contribution is 2.36. The average molecular weight is 448 g/mol. The van der Waals surface area contributed by atoms with Crippen LogP contribution in [-0.2, 0) is 19.1 Å². The van der Waals surface area contributed by atoms with Crippen molar-refractivity contribution in [3.8, 4) is 0 Å². The van der Waals surface area contributed by atoms with Crippen molar-refractivity contribution in [3.63, 3.8) is 0 Å². The molecule has 1 aromatic heterocycles. The fourth-order valence-electron chi connectivity index (χ4n) is 4.50. The van der Waals surface area contributed by atoms with Gasteiger partial charge in [0.2, 0.25) is 0 Å². The molecule has 0 N–H and O–H groups in total. The predicted octanol–water partition coefficient (Wildman–Crippen LogP) is 6.29. The van der Waals surface area contributed by atoms with Crippen molar-refractivity contribution in [3.05, 3.63) is 58.7 Å². The lowest BCUT2D eigenvalue weighted by Gasteiger charge is -2.44. The summed E-state index contributed by atoms with van der Waals surface area (Å²) in [5.41, 5.74) is 4.00. The van der Waals surface area contributed by atoms with Crippen LogP contribution in [0.25, 0.3) is 10.2 Å². The lowest BCUT2D eigenvalue weighted by molar-refractivity contribution is -0.137. The molecule has 0 saturated carbocycles. The van der Waals surface area contributed by atoms with E-state index in [9.17, 15) is 13.2 Å². The molecule has 2 atom stereocenters. The third-order valence-corrected chi connectivity index (χ3v) is 7.13. The third kappa shape index (κ3) is 4.72. The van der Waals surface area contributed by atoms with Crippen molar-refractivity contribution >= 4 is 26.7 Å². The first kappa shape index (κ1) is 22.1. The van der Waals surface area contributed by atoms with Gasteiger partial charge < -0.3 is 4.90 Å². The molecule has 2 unspecified atom stereocenters. The number of thiazole rings is 1. The Morgan fingerprint density at radius 2 is 1.71 bits per heavy atom. The molecule has 0 aliphatic carbocycles. The highest BCUT2D eigenvalue weighted by atomic mass is 32.1. The Labute approximate surface area is 185 Å². The number of nitrogens with zero attached hydrogens (tertiary/aromatic N) is 3. The molecule has 3 nitrogen and oxygen atoms in total. The molecular weight excluding hydrogens is 419 g/mol. The molecule has 0 spiro atoms. The van der Waals surface area contributed by atoms with Crippen molar-refractivity contribution in [1.29, 1.82) is 0 Å². The SMILES string of the molecule is CCc1cc(C)cc(CN2C(C)CN(c3nc4ccc(C(F)(F)F)cc4s3)CC2C)c1. The molecule has 0 radical (unpaired) electrons. The summed E-state index contributed by atoms with van der Waals surface area (Å²) in [5, 5.41) is 0.802. The minimum absolute atomic E-state index is 0.312. The summed E-state index contributed by atoms with van der Waals surface area (Å²) in [7, 11) is 0. The molecule has 2 heterocycles. The average Bonchev–Trinajstić information content (AvgIpc) is 3.13. The van der Waals surface area contributed by atoms with Crippen LogP contribution in [0.5, 0.6) is 0 Å². The van der Waals surface area contributed by atoms with E-state index in [1.54, 1.807) is 0 Å². The van der Waals surface area contributed by atoms with Crippen LogP contribution in [0.3, 0.4) is 0 Å². The van der Waals surface area contributed by atoms with Crippen LogP contribution in [-0.4, -0.2) is 35.1 Å². The minimum Gasteiger partial charge on any atom is -0.345 e. The first-order valence-corrected chi connectivity index (χ1v) is 11.5. The Hall–Kier alpha value is -2.12. The molecule has 1 saturated heterocycles. The predicted molar refractivity (Wildman–Crippen MR) is 122 cm³/mol. The van der Waals surface area contributed by atoms with E-state index in [-0.39, 0.29) is 0 Å². The number of hydrogen-bond acceptors (Lipinski definition) is 4. The number of aromatic nitrogens is 1. The van der Waals surface area contributed by atoms with Crippen LogP contribution in [0, 0.1) is 6.92 Å². The summed E-state index contributed by atoms with van der Waals surface area (Å²) in [6.45, 7) is 11.3. The molecule has 31 heavy (non-hydrogen) atoms. The van der Waals surface area contributed by atoms with Crippen molar-refractivity contribution in [1.82, 2.24) is 9.88 Å². The molecular formula is C24H28F3N3S. The van der Waals surface area contributed by atoms with Gasteiger partial charge in [-0.2, -0.15) is 13.2 Å². The van der Waals surface area contributed by atoms with Crippen molar-refractivity contribution < 1.29 is 13.2 Å². The molecule has 1 aliphatic rings. The van der Waals surface area contributed by atoms with E-state index < -0.39 is 11.7 Å². The zero-order valence-corrected chi connectivity index (χ0v) is 19.1. The Morgan fingerprint density at radius 3 is 2.35 bits per heavy atom. The number of hydrogen-bond donors (Lipinski definition) is 0. The molecule has 0 amide bonds. The van der Waals surface area contributed by atoms with Crippen molar-refractivity contribution in [2.24, 2.45) is 0 Å². The van der Waals surface area contributed by atoms with Crippen molar-refractivity contribution in [2.75, 3.05) is 18.0 Å². The smallest absolute Gasteiger partial charge is 0.345 e. The minimum atomic E-state index is -4.33. The number of halogens is 3. The molecule has 1 aliphatic heterocycles. The zero-order valence-electron chi connectivity index (χ0n) is 18.3. The maximum atomic E-state index is 13.0. The first-order valence-electron chi connectivity index (χ1n) is 10.7. The largest absolute Gasteiger partial charge is 0.416 e. The highest BCUT2D eigenvalue weighted by Gasteiger charge is 2.33. The van der Waals surface area contributed by atoms with E-state index in [2.05, 4.69) is 60.7 Å². The van der Waals surface area contributed by atoms with Crippen LogP contribution < -0.4 is 4.90 Å². The molecule has 2 aromatic carbocycles. The molecule has 3 aromatic rings. The molecule has 1 fully saturated rings. The maximum absolute atomic E-state index is 13.0. The van der Waals surface area contributed by atoms with Gasteiger partial charge in [0.1, 0.15) is 0 Å². The number of benzene rings is 2. The van der Waals surface area contributed by atoms with Gasteiger partial charge in [0.05, 0.1) is 15.8 Å². The molecule has 166 valence electrons. The number of rotatable bonds is 4. The summed E-state index contributed by atoms with van der Waals surface area (Å²) in [6.07, 6.45) is -3.30. The Morgan fingerprint density at radius 1 is 1.03 bits per heavy atom. The van der Waals surface area contributed by atoms with Gasteiger partial charge in [-0.25, -0.2) is 4.98 Å². The monoisotopic (exact) mass is 447 g/mol. The summed E-state index contributed by atoms with van der Waals surface area (Å²) >= 11 is 1.35. The fraction of sp³-hybridized carbons (Fsp3) is 0.458. The van der Waals surface area contributed by atoms with Crippen LogP contribution in [0.15, 0.2) is 36.4 Å². The van der Waals surface area contributed by atoms with Crippen LogP contribution in [0.1, 0.15) is 43.0 Å². The van der Waals surface area contributed by atoms with Gasteiger partial charge in [-0.05, 0) is 56.5 Å². The second-order valence-electron chi connectivity index (χ2n) is 8.63. The fourth-order valence-corrected chi connectivity index (χ4v) is 5.53. The summed E-state index contributed by atoms with van der Waals surface area (Å²) in [6, 6.07) is 11.2. The number of aryl methyl sites for hydroxylation is 2. The zero-order chi connectivity index (χ0) is 22.3. The van der Waals surface area contributed by atoms with E-state index in [0.717, 1.165) is 37.3 Å². The Balaban J connectivity index is 1.52. The topological polar surface area (TPSA) is 19.4 Å². The van der Waals surface area contributed by atoms with Crippen molar-refractivity contribution in [2.45, 2.75) is 58.9 Å². The van der Waals surface area contributed by atoms with Gasteiger partial charge in [-0.3, -0.25) is 4.90 Å². The van der Waals surface area contributed by atoms with E-state index in [1.165, 1.54) is 40.2 Å². The van der Waals surface area contributed by atoms with Gasteiger partial charge in [0.25, 0.3) is 0 Å². The molecule has 0 bridgehead atoms. The second-order valence-corrected chi connectivity index (χ2v) is 9.64. The van der Waals surface area contributed by atoms with Gasteiger partial charge in [0.15, 0.2) is 5.13 Å². The number of piperazine rings is 1. The second kappa shape index (κ2) is 8.43. The first-order chi connectivity index (χ1) is 14.6. The number of fused-ring (bicyclic) bond motifs is 1. The normalized spacial score (nSPS) is 20.5. The maximum Gasteiger partial charge on any atom is 0.416 e.